The molecule has 0 bridgehead atoms. The molecule has 0 radical (unpaired) electrons. The van der Waals surface area contributed by atoms with Crippen LogP contribution in [0.1, 0.15) is 25.7 Å². The third kappa shape index (κ3) is 3.03. The van der Waals surface area contributed by atoms with Crippen LogP contribution in [0.15, 0.2) is 29.2 Å². The van der Waals surface area contributed by atoms with Crippen LogP contribution in [0.5, 0.6) is 0 Å². The Morgan fingerprint density at radius 3 is 2.56 bits per heavy atom. The highest BCUT2D eigenvalue weighted by molar-refractivity contribution is 7.89. The topological polar surface area (TPSA) is 72.2 Å². The van der Waals surface area contributed by atoms with Gasteiger partial charge >= 0.3 is 0 Å². The van der Waals surface area contributed by atoms with Crippen LogP contribution in [0.2, 0.25) is 5.02 Å². The number of nitrogens with two attached hydrogens (primary N) is 1. The molecule has 0 aromatic heterocycles. The van der Waals surface area contributed by atoms with E-state index in [2.05, 4.69) is 4.72 Å². The summed E-state index contributed by atoms with van der Waals surface area (Å²) in [5, 5.41) is 0.231. The van der Waals surface area contributed by atoms with E-state index < -0.39 is 10.0 Å². The molecule has 2 unspecified atom stereocenters. The zero-order valence-electron chi connectivity index (χ0n) is 9.97. The summed E-state index contributed by atoms with van der Waals surface area (Å²) in [6, 6.07) is 6.11. The number of sulfonamides is 1. The van der Waals surface area contributed by atoms with Gasteiger partial charge in [0.05, 0.1) is 5.02 Å². The summed E-state index contributed by atoms with van der Waals surface area (Å²) in [6.45, 7) is 0. The molecule has 2 rings (SSSR count). The zero-order valence-corrected chi connectivity index (χ0v) is 11.5. The Labute approximate surface area is 113 Å². The van der Waals surface area contributed by atoms with Gasteiger partial charge in [-0.15, -0.1) is 0 Å². The van der Waals surface area contributed by atoms with Crippen LogP contribution in [0.4, 0.5) is 0 Å². The van der Waals surface area contributed by atoms with Gasteiger partial charge in [-0.2, -0.15) is 0 Å². The van der Waals surface area contributed by atoms with Gasteiger partial charge in [0.15, 0.2) is 0 Å². The molecular formula is C12H17ClN2O2S. The highest BCUT2D eigenvalue weighted by Gasteiger charge is 2.27. The molecule has 6 heteroatoms. The largest absolute Gasteiger partial charge is 0.326 e. The molecule has 0 spiro atoms. The van der Waals surface area contributed by atoms with Crippen LogP contribution >= 0.6 is 11.6 Å². The minimum absolute atomic E-state index is 0.115. The van der Waals surface area contributed by atoms with Crippen LogP contribution in [-0.4, -0.2) is 20.5 Å². The van der Waals surface area contributed by atoms with E-state index >= 15 is 0 Å². The Hall–Kier alpha value is -0.620. The van der Waals surface area contributed by atoms with Crippen molar-refractivity contribution < 1.29 is 8.42 Å². The molecule has 1 aromatic carbocycles. The van der Waals surface area contributed by atoms with Gasteiger partial charge in [0, 0.05) is 12.1 Å². The normalized spacial score (nSPS) is 25.0. The summed E-state index contributed by atoms with van der Waals surface area (Å²) in [5.41, 5.74) is 5.94. The first-order valence-corrected chi connectivity index (χ1v) is 7.89. The van der Waals surface area contributed by atoms with Crippen molar-refractivity contribution in [2.45, 2.75) is 42.7 Å². The smallest absolute Gasteiger partial charge is 0.242 e. The number of halogens is 1. The Kier molecular flexibility index (Phi) is 4.27. The number of hydrogen-bond donors (Lipinski definition) is 2. The number of nitrogens with one attached hydrogen (secondary N) is 1. The highest BCUT2D eigenvalue weighted by Crippen LogP contribution is 2.23. The van der Waals surface area contributed by atoms with Crippen molar-refractivity contribution in [1.82, 2.24) is 4.72 Å². The van der Waals surface area contributed by atoms with E-state index in [0.717, 1.165) is 25.7 Å². The van der Waals surface area contributed by atoms with Crippen LogP contribution in [0.3, 0.4) is 0 Å². The van der Waals surface area contributed by atoms with E-state index in [0.29, 0.717) is 0 Å². The van der Waals surface area contributed by atoms with Crippen molar-refractivity contribution in [1.29, 1.82) is 0 Å². The molecule has 1 fully saturated rings. The van der Waals surface area contributed by atoms with Gasteiger partial charge in [-0.3, -0.25) is 0 Å². The molecule has 4 nitrogen and oxygen atoms in total. The summed E-state index contributed by atoms with van der Waals surface area (Å²) >= 11 is 5.91. The quantitative estimate of drug-likeness (QED) is 0.892. The lowest BCUT2D eigenvalue weighted by atomic mass is 9.92. The maximum atomic E-state index is 12.2. The molecular weight excluding hydrogens is 272 g/mol. The number of hydrogen-bond acceptors (Lipinski definition) is 3. The summed E-state index contributed by atoms with van der Waals surface area (Å²) in [5.74, 6) is 0. The third-order valence-electron chi connectivity index (χ3n) is 3.25. The van der Waals surface area contributed by atoms with Gasteiger partial charge in [0.25, 0.3) is 0 Å². The van der Waals surface area contributed by atoms with Crippen molar-refractivity contribution in [2.24, 2.45) is 5.73 Å². The molecule has 0 aliphatic heterocycles. The first kappa shape index (κ1) is 13.8. The fourth-order valence-corrected chi connectivity index (χ4v) is 4.07. The molecule has 3 N–H and O–H groups in total. The van der Waals surface area contributed by atoms with E-state index in [1.807, 2.05) is 0 Å². The van der Waals surface area contributed by atoms with Crippen molar-refractivity contribution in [3.05, 3.63) is 29.3 Å². The van der Waals surface area contributed by atoms with Crippen LogP contribution in [-0.2, 0) is 10.0 Å². The van der Waals surface area contributed by atoms with E-state index in [1.54, 1.807) is 18.2 Å². The van der Waals surface area contributed by atoms with Gasteiger partial charge in [-0.1, -0.05) is 36.6 Å². The van der Waals surface area contributed by atoms with Crippen LogP contribution in [0.25, 0.3) is 0 Å². The van der Waals surface area contributed by atoms with E-state index in [4.69, 9.17) is 17.3 Å². The summed E-state index contributed by atoms with van der Waals surface area (Å²) in [4.78, 5) is 0.115. The monoisotopic (exact) mass is 288 g/mol. The van der Waals surface area contributed by atoms with Crippen molar-refractivity contribution >= 4 is 21.6 Å². The van der Waals surface area contributed by atoms with E-state index in [9.17, 15) is 8.42 Å². The SMILES string of the molecule is NC1CCCCC1NS(=O)(=O)c1ccccc1Cl. The predicted molar refractivity (Wildman–Crippen MR) is 72.0 cm³/mol. The molecule has 18 heavy (non-hydrogen) atoms. The molecule has 0 amide bonds. The minimum atomic E-state index is -3.59. The van der Waals surface area contributed by atoms with Crippen molar-refractivity contribution in [3.8, 4) is 0 Å². The van der Waals surface area contributed by atoms with E-state index in [1.165, 1.54) is 6.07 Å². The summed E-state index contributed by atoms with van der Waals surface area (Å²) in [6.07, 6.45) is 3.70. The maximum Gasteiger partial charge on any atom is 0.242 e. The second-order valence-electron chi connectivity index (χ2n) is 4.61. The average molecular weight is 289 g/mol. The third-order valence-corrected chi connectivity index (χ3v) is 5.24. The first-order valence-electron chi connectivity index (χ1n) is 6.03. The molecule has 1 aromatic rings. The number of rotatable bonds is 3. The zero-order chi connectivity index (χ0) is 13.2. The van der Waals surface area contributed by atoms with Gasteiger partial charge in [-0.05, 0) is 25.0 Å². The first-order chi connectivity index (χ1) is 8.50. The predicted octanol–water partition coefficient (Wildman–Crippen LogP) is 1.89. The fraction of sp³-hybridized carbons (Fsp3) is 0.500. The second kappa shape index (κ2) is 5.57. The van der Waals surface area contributed by atoms with Crippen molar-refractivity contribution in [3.63, 3.8) is 0 Å². The van der Waals surface area contributed by atoms with Gasteiger partial charge in [-0.25, -0.2) is 13.1 Å². The molecule has 2 atom stereocenters. The molecule has 0 saturated heterocycles. The summed E-state index contributed by atoms with van der Waals surface area (Å²) < 4.78 is 27.1. The minimum Gasteiger partial charge on any atom is -0.326 e. The fourth-order valence-electron chi connectivity index (χ4n) is 2.23. The number of benzene rings is 1. The molecule has 0 heterocycles. The Morgan fingerprint density at radius 2 is 1.89 bits per heavy atom. The lowest BCUT2D eigenvalue weighted by molar-refractivity contribution is 0.361. The van der Waals surface area contributed by atoms with Crippen LogP contribution < -0.4 is 10.5 Å². The Morgan fingerprint density at radius 1 is 1.22 bits per heavy atom. The van der Waals surface area contributed by atoms with Gasteiger partial charge in [0.1, 0.15) is 4.90 Å². The highest BCUT2D eigenvalue weighted by atomic mass is 35.5. The van der Waals surface area contributed by atoms with Gasteiger partial charge < -0.3 is 5.73 Å². The summed E-state index contributed by atoms with van der Waals surface area (Å²) in [7, 11) is -3.59. The molecule has 100 valence electrons. The molecule has 1 aliphatic rings. The lowest BCUT2D eigenvalue weighted by Crippen LogP contribution is -2.49. The Bertz CT molecular complexity index is 519. The molecule has 1 saturated carbocycles. The lowest BCUT2D eigenvalue weighted by Gasteiger charge is -2.29. The second-order valence-corrected chi connectivity index (χ2v) is 6.70. The van der Waals surface area contributed by atoms with E-state index in [-0.39, 0.29) is 22.0 Å². The van der Waals surface area contributed by atoms with Gasteiger partial charge in [0.2, 0.25) is 10.0 Å². The Balaban J connectivity index is 2.19. The van der Waals surface area contributed by atoms with Crippen LogP contribution in [0, 0.1) is 0 Å². The average Bonchev–Trinajstić information content (AvgIpc) is 2.32. The standard InChI is InChI=1S/C12H17ClN2O2S/c13-9-5-1-4-8-12(9)18(16,17)15-11-7-3-2-6-10(11)14/h1,4-5,8,10-11,15H,2-3,6-7,14H2. The maximum absolute atomic E-state index is 12.2. The molecule has 1 aliphatic carbocycles. The van der Waals surface area contributed by atoms with Crippen molar-refractivity contribution in [2.75, 3.05) is 0 Å².